The SMILES string of the molecule is COc1ccc(C(=O)/C(Br)=C\c2cc(OC)c(OC)c(OC)c2)cc1N(C)C. The van der Waals surface area contributed by atoms with Crippen molar-refractivity contribution in [3.8, 4) is 23.0 Å². The lowest BCUT2D eigenvalue weighted by Gasteiger charge is -2.17. The van der Waals surface area contributed by atoms with Gasteiger partial charge < -0.3 is 23.8 Å². The average molecular weight is 450 g/mol. The highest BCUT2D eigenvalue weighted by molar-refractivity contribution is 9.12. The molecule has 2 aromatic carbocycles. The van der Waals surface area contributed by atoms with Crippen LogP contribution in [0.2, 0.25) is 0 Å². The lowest BCUT2D eigenvalue weighted by atomic mass is 10.1. The number of halogens is 1. The smallest absolute Gasteiger partial charge is 0.203 e. The Labute approximate surface area is 173 Å². The molecular weight excluding hydrogens is 426 g/mol. The standard InChI is InChI=1S/C21H24BrNO5/c1-23(2)16-12-14(7-8-17(16)25-3)20(24)15(22)9-13-10-18(26-4)21(28-6)19(11-13)27-5/h7-12H,1-6H3/b15-9+. The van der Waals surface area contributed by atoms with Gasteiger partial charge in [-0.15, -0.1) is 0 Å². The number of hydrogen-bond acceptors (Lipinski definition) is 6. The summed E-state index contributed by atoms with van der Waals surface area (Å²) in [5.41, 5.74) is 2.09. The molecule has 0 aliphatic heterocycles. The van der Waals surface area contributed by atoms with Gasteiger partial charge in [-0.1, -0.05) is 0 Å². The van der Waals surface area contributed by atoms with Crippen molar-refractivity contribution in [3.05, 3.63) is 45.9 Å². The fourth-order valence-corrected chi connectivity index (χ4v) is 3.21. The first-order valence-electron chi connectivity index (χ1n) is 8.43. The predicted octanol–water partition coefficient (Wildman–Crippen LogP) is 4.41. The van der Waals surface area contributed by atoms with Gasteiger partial charge >= 0.3 is 0 Å². The van der Waals surface area contributed by atoms with Crippen LogP contribution in [0.3, 0.4) is 0 Å². The summed E-state index contributed by atoms with van der Waals surface area (Å²) in [4.78, 5) is 14.8. The molecule has 0 bridgehead atoms. The maximum atomic E-state index is 12.9. The third kappa shape index (κ3) is 4.59. The fourth-order valence-electron chi connectivity index (χ4n) is 2.72. The molecule has 28 heavy (non-hydrogen) atoms. The van der Waals surface area contributed by atoms with E-state index < -0.39 is 0 Å². The van der Waals surface area contributed by atoms with Crippen LogP contribution >= 0.6 is 15.9 Å². The van der Waals surface area contributed by atoms with Crippen molar-refractivity contribution >= 4 is 33.5 Å². The Hall–Kier alpha value is -2.67. The van der Waals surface area contributed by atoms with E-state index in [2.05, 4.69) is 15.9 Å². The second-order valence-corrected chi connectivity index (χ2v) is 6.92. The Kier molecular flexibility index (Phi) is 7.34. The summed E-state index contributed by atoms with van der Waals surface area (Å²) in [5, 5.41) is 0. The van der Waals surface area contributed by atoms with Crippen LogP contribution in [0.15, 0.2) is 34.8 Å². The number of ether oxygens (including phenoxy) is 4. The van der Waals surface area contributed by atoms with Gasteiger partial charge in [0.15, 0.2) is 17.3 Å². The van der Waals surface area contributed by atoms with Crippen molar-refractivity contribution in [1.82, 2.24) is 0 Å². The van der Waals surface area contributed by atoms with Crippen LogP contribution in [0, 0.1) is 0 Å². The molecule has 0 radical (unpaired) electrons. The third-order valence-electron chi connectivity index (χ3n) is 4.12. The Morgan fingerprint density at radius 2 is 1.46 bits per heavy atom. The lowest BCUT2D eigenvalue weighted by molar-refractivity contribution is 0.104. The number of Topliss-reactive ketones (excluding diaryl/α,β-unsaturated/α-hetero) is 1. The molecule has 7 heteroatoms. The number of nitrogens with zero attached hydrogens (tertiary/aromatic N) is 1. The minimum Gasteiger partial charge on any atom is -0.495 e. The number of carbonyl (C=O) groups is 1. The Balaban J connectivity index is 2.43. The Morgan fingerprint density at radius 3 is 1.93 bits per heavy atom. The van der Waals surface area contributed by atoms with Gasteiger partial charge in [0, 0.05) is 19.7 Å². The van der Waals surface area contributed by atoms with E-state index in [9.17, 15) is 4.79 Å². The van der Waals surface area contributed by atoms with Crippen molar-refractivity contribution in [3.63, 3.8) is 0 Å². The maximum Gasteiger partial charge on any atom is 0.203 e. The molecule has 0 saturated carbocycles. The second-order valence-electron chi connectivity index (χ2n) is 6.06. The molecule has 0 saturated heterocycles. The topological polar surface area (TPSA) is 57.2 Å². The third-order valence-corrected chi connectivity index (χ3v) is 4.71. The zero-order valence-corrected chi connectivity index (χ0v) is 18.4. The summed E-state index contributed by atoms with van der Waals surface area (Å²) in [7, 11) is 10.0. The number of rotatable bonds is 8. The molecular formula is C21H24BrNO5. The molecule has 6 nitrogen and oxygen atoms in total. The summed E-state index contributed by atoms with van der Waals surface area (Å²) in [6.45, 7) is 0. The van der Waals surface area contributed by atoms with Crippen molar-refractivity contribution < 1.29 is 23.7 Å². The van der Waals surface area contributed by atoms with Gasteiger partial charge in [0.2, 0.25) is 5.75 Å². The Morgan fingerprint density at radius 1 is 0.893 bits per heavy atom. The van der Waals surface area contributed by atoms with Gasteiger partial charge in [-0.05, 0) is 57.9 Å². The fraction of sp³-hybridized carbons (Fsp3) is 0.286. The van der Waals surface area contributed by atoms with E-state index >= 15 is 0 Å². The highest BCUT2D eigenvalue weighted by Crippen LogP contribution is 2.39. The molecule has 0 N–H and O–H groups in total. The van der Waals surface area contributed by atoms with Crippen LogP contribution in [-0.4, -0.2) is 48.3 Å². The molecule has 0 aromatic heterocycles. The van der Waals surface area contributed by atoms with E-state index in [0.717, 1.165) is 11.3 Å². The molecule has 0 spiro atoms. The summed E-state index contributed by atoms with van der Waals surface area (Å²) in [5.74, 6) is 2.07. The monoisotopic (exact) mass is 449 g/mol. The van der Waals surface area contributed by atoms with Gasteiger partial charge in [-0.2, -0.15) is 0 Å². The van der Waals surface area contributed by atoms with Gasteiger partial charge in [0.25, 0.3) is 0 Å². The average Bonchev–Trinajstić information content (AvgIpc) is 2.71. The first-order chi connectivity index (χ1) is 13.4. The summed E-state index contributed by atoms with van der Waals surface area (Å²) in [6.07, 6.45) is 1.71. The number of carbonyl (C=O) groups excluding carboxylic acids is 1. The molecule has 0 aliphatic carbocycles. The number of hydrogen-bond donors (Lipinski definition) is 0. The van der Waals surface area contributed by atoms with Gasteiger partial charge in [-0.3, -0.25) is 4.79 Å². The zero-order valence-electron chi connectivity index (χ0n) is 16.8. The zero-order chi connectivity index (χ0) is 20.8. The van der Waals surface area contributed by atoms with Crippen LogP contribution in [0.25, 0.3) is 6.08 Å². The van der Waals surface area contributed by atoms with Crippen LogP contribution in [-0.2, 0) is 0 Å². The van der Waals surface area contributed by atoms with Gasteiger partial charge in [0.1, 0.15) is 5.75 Å². The molecule has 0 amide bonds. The maximum absolute atomic E-state index is 12.9. The number of benzene rings is 2. The second kappa shape index (κ2) is 9.50. The normalized spacial score (nSPS) is 11.0. The highest BCUT2D eigenvalue weighted by Gasteiger charge is 2.16. The van der Waals surface area contributed by atoms with E-state index in [0.29, 0.717) is 33.0 Å². The number of methoxy groups -OCH3 is 4. The van der Waals surface area contributed by atoms with Crippen LogP contribution in [0.1, 0.15) is 15.9 Å². The van der Waals surface area contributed by atoms with Crippen molar-refractivity contribution in [1.29, 1.82) is 0 Å². The van der Waals surface area contributed by atoms with Gasteiger partial charge in [0.05, 0.1) is 38.6 Å². The van der Waals surface area contributed by atoms with E-state index in [1.807, 2.05) is 19.0 Å². The van der Waals surface area contributed by atoms with Crippen LogP contribution < -0.4 is 23.8 Å². The van der Waals surface area contributed by atoms with E-state index in [-0.39, 0.29) is 5.78 Å². The number of allylic oxidation sites excluding steroid dienone is 1. The lowest BCUT2D eigenvalue weighted by Crippen LogP contribution is -2.11. The molecule has 2 rings (SSSR count). The molecule has 2 aromatic rings. The van der Waals surface area contributed by atoms with Crippen LogP contribution in [0.5, 0.6) is 23.0 Å². The van der Waals surface area contributed by atoms with Crippen molar-refractivity contribution in [2.45, 2.75) is 0 Å². The van der Waals surface area contributed by atoms with E-state index in [1.165, 1.54) is 0 Å². The minimum atomic E-state index is -0.153. The quantitative estimate of drug-likeness (QED) is 0.439. The molecule has 0 fully saturated rings. The molecule has 0 unspecified atom stereocenters. The van der Waals surface area contributed by atoms with E-state index in [1.54, 1.807) is 64.8 Å². The first kappa shape index (κ1) is 21.6. The number of ketones is 1. The predicted molar refractivity (Wildman–Crippen MR) is 115 cm³/mol. The first-order valence-corrected chi connectivity index (χ1v) is 9.22. The summed E-state index contributed by atoms with van der Waals surface area (Å²) >= 11 is 3.40. The highest BCUT2D eigenvalue weighted by atomic mass is 79.9. The summed E-state index contributed by atoms with van der Waals surface area (Å²) in [6, 6.07) is 8.86. The molecule has 0 heterocycles. The molecule has 0 aliphatic rings. The van der Waals surface area contributed by atoms with Crippen molar-refractivity contribution in [2.24, 2.45) is 0 Å². The largest absolute Gasteiger partial charge is 0.495 e. The Bertz CT molecular complexity index is 867. The minimum absolute atomic E-state index is 0.153. The number of anilines is 1. The summed E-state index contributed by atoms with van der Waals surface area (Å²) < 4.78 is 21.8. The molecule has 150 valence electrons. The van der Waals surface area contributed by atoms with Crippen LogP contribution in [0.4, 0.5) is 5.69 Å². The van der Waals surface area contributed by atoms with Gasteiger partial charge in [-0.25, -0.2) is 0 Å². The van der Waals surface area contributed by atoms with E-state index in [4.69, 9.17) is 18.9 Å². The van der Waals surface area contributed by atoms with Crippen molar-refractivity contribution in [2.75, 3.05) is 47.4 Å². The molecule has 0 atom stereocenters.